The summed E-state index contributed by atoms with van der Waals surface area (Å²) in [6.45, 7) is 0.811. The van der Waals surface area contributed by atoms with Crippen LogP contribution >= 0.6 is 0 Å². The molecule has 4 heteroatoms. The molecule has 0 saturated heterocycles. The van der Waals surface area contributed by atoms with Gasteiger partial charge in [0, 0.05) is 18.0 Å². The predicted octanol–water partition coefficient (Wildman–Crippen LogP) is 2.63. The van der Waals surface area contributed by atoms with E-state index in [1.165, 1.54) is 0 Å². The zero-order valence-electron chi connectivity index (χ0n) is 13.2. The van der Waals surface area contributed by atoms with Crippen molar-refractivity contribution in [2.45, 2.75) is 12.8 Å². The van der Waals surface area contributed by atoms with E-state index in [1.54, 1.807) is 14.2 Å². The number of methoxy groups -OCH3 is 2. The molecule has 21 heavy (non-hydrogen) atoms. The second-order valence-electron chi connectivity index (χ2n) is 5.61. The van der Waals surface area contributed by atoms with E-state index in [9.17, 15) is 4.79 Å². The highest BCUT2D eigenvalue weighted by molar-refractivity contribution is 6.03. The normalized spacial score (nSPS) is 20.3. The van der Waals surface area contributed by atoms with Crippen molar-refractivity contribution in [1.29, 1.82) is 0 Å². The van der Waals surface area contributed by atoms with Crippen molar-refractivity contribution in [2.24, 2.45) is 5.92 Å². The van der Waals surface area contributed by atoms with Gasteiger partial charge < -0.3 is 14.4 Å². The zero-order valence-corrected chi connectivity index (χ0v) is 13.2. The standard InChI is InChI=1S/C17H23NO3/c1-18(2)11-14-9-8-12(16(14)19)10-13-6-5-7-15(20-3)17(13)21-4/h5-7,10,14H,8-9,11H2,1-4H3. The van der Waals surface area contributed by atoms with Gasteiger partial charge in [0.25, 0.3) is 0 Å². The molecule has 0 spiro atoms. The summed E-state index contributed by atoms with van der Waals surface area (Å²) < 4.78 is 10.7. The van der Waals surface area contributed by atoms with E-state index >= 15 is 0 Å². The summed E-state index contributed by atoms with van der Waals surface area (Å²) in [4.78, 5) is 14.5. The van der Waals surface area contributed by atoms with Crippen LogP contribution < -0.4 is 9.47 Å². The maximum absolute atomic E-state index is 12.4. The Balaban J connectivity index is 2.27. The third-order valence-electron chi connectivity index (χ3n) is 3.80. The number of benzene rings is 1. The van der Waals surface area contributed by atoms with Gasteiger partial charge in [0.2, 0.25) is 0 Å². The molecule has 4 nitrogen and oxygen atoms in total. The van der Waals surface area contributed by atoms with Crippen molar-refractivity contribution in [3.63, 3.8) is 0 Å². The highest BCUT2D eigenvalue weighted by Crippen LogP contribution is 2.35. The Hall–Kier alpha value is -1.81. The molecule has 1 aromatic rings. The smallest absolute Gasteiger partial charge is 0.167 e. The van der Waals surface area contributed by atoms with Gasteiger partial charge in [0.1, 0.15) is 0 Å². The van der Waals surface area contributed by atoms with Crippen LogP contribution in [0.1, 0.15) is 18.4 Å². The molecule has 1 aliphatic rings. The van der Waals surface area contributed by atoms with Crippen molar-refractivity contribution in [2.75, 3.05) is 34.9 Å². The molecule has 0 radical (unpaired) electrons. The summed E-state index contributed by atoms with van der Waals surface area (Å²) in [6.07, 6.45) is 3.70. The Morgan fingerprint density at radius 2 is 2.05 bits per heavy atom. The van der Waals surface area contributed by atoms with E-state index in [1.807, 2.05) is 38.4 Å². The molecule has 0 bridgehead atoms. The van der Waals surface area contributed by atoms with Crippen LogP contribution in [0.2, 0.25) is 0 Å². The lowest BCUT2D eigenvalue weighted by molar-refractivity contribution is -0.118. The van der Waals surface area contributed by atoms with Gasteiger partial charge in [-0.15, -0.1) is 0 Å². The molecule has 0 aliphatic heterocycles. The third kappa shape index (κ3) is 3.45. The van der Waals surface area contributed by atoms with Crippen molar-refractivity contribution in [3.8, 4) is 11.5 Å². The number of hydrogen-bond acceptors (Lipinski definition) is 4. The average molecular weight is 289 g/mol. The molecule has 1 saturated carbocycles. The molecule has 1 aromatic carbocycles. The maximum Gasteiger partial charge on any atom is 0.167 e. The maximum atomic E-state index is 12.4. The minimum absolute atomic E-state index is 0.114. The number of nitrogens with zero attached hydrogens (tertiary/aromatic N) is 1. The molecule has 114 valence electrons. The number of carbonyl (C=O) groups excluding carboxylic acids is 1. The highest BCUT2D eigenvalue weighted by atomic mass is 16.5. The number of para-hydroxylation sites is 1. The van der Waals surface area contributed by atoms with E-state index < -0.39 is 0 Å². The topological polar surface area (TPSA) is 38.8 Å². The molecular formula is C17H23NO3. The van der Waals surface area contributed by atoms with Crippen molar-refractivity contribution in [1.82, 2.24) is 4.90 Å². The summed E-state index contributed by atoms with van der Waals surface area (Å²) in [5.74, 6) is 1.73. The first kappa shape index (κ1) is 15.6. The van der Waals surface area contributed by atoms with Gasteiger partial charge in [-0.05, 0) is 44.7 Å². The Morgan fingerprint density at radius 3 is 2.67 bits per heavy atom. The lowest BCUT2D eigenvalue weighted by Gasteiger charge is -2.14. The number of Topliss-reactive ketones (excluding diaryl/α,β-unsaturated/α-hetero) is 1. The fraction of sp³-hybridized carbons (Fsp3) is 0.471. The van der Waals surface area contributed by atoms with E-state index in [-0.39, 0.29) is 11.7 Å². The first-order valence-corrected chi connectivity index (χ1v) is 7.17. The minimum atomic E-state index is 0.114. The number of rotatable bonds is 5. The fourth-order valence-corrected chi connectivity index (χ4v) is 2.82. The van der Waals surface area contributed by atoms with Crippen LogP contribution in [0, 0.1) is 5.92 Å². The number of hydrogen-bond donors (Lipinski definition) is 0. The van der Waals surface area contributed by atoms with Crippen molar-refractivity contribution < 1.29 is 14.3 Å². The van der Waals surface area contributed by atoms with Crippen LogP contribution in [0.4, 0.5) is 0 Å². The van der Waals surface area contributed by atoms with E-state index in [2.05, 4.69) is 4.90 Å². The van der Waals surface area contributed by atoms with E-state index in [0.717, 1.165) is 30.5 Å². The van der Waals surface area contributed by atoms with Gasteiger partial charge in [0.05, 0.1) is 14.2 Å². The van der Waals surface area contributed by atoms with Crippen LogP contribution in [0.3, 0.4) is 0 Å². The molecule has 0 N–H and O–H groups in total. The first-order valence-electron chi connectivity index (χ1n) is 7.17. The number of ketones is 1. The SMILES string of the molecule is COc1cccc(C=C2CCC(CN(C)C)C2=O)c1OC. The molecular weight excluding hydrogens is 266 g/mol. The van der Waals surface area contributed by atoms with Gasteiger partial charge in [-0.3, -0.25) is 4.79 Å². The van der Waals surface area contributed by atoms with Crippen LogP contribution in [0.5, 0.6) is 11.5 Å². The number of carbonyl (C=O) groups is 1. The zero-order chi connectivity index (χ0) is 15.4. The quantitative estimate of drug-likeness (QED) is 0.781. The van der Waals surface area contributed by atoms with Gasteiger partial charge in [-0.2, -0.15) is 0 Å². The Bertz CT molecular complexity index is 549. The van der Waals surface area contributed by atoms with Crippen LogP contribution in [0.15, 0.2) is 23.8 Å². The van der Waals surface area contributed by atoms with Crippen LogP contribution in [-0.2, 0) is 4.79 Å². The van der Waals surface area contributed by atoms with E-state index in [4.69, 9.17) is 9.47 Å². The van der Waals surface area contributed by atoms with Crippen LogP contribution in [-0.4, -0.2) is 45.5 Å². The van der Waals surface area contributed by atoms with Gasteiger partial charge in [0.15, 0.2) is 17.3 Å². The molecule has 1 unspecified atom stereocenters. The summed E-state index contributed by atoms with van der Waals surface area (Å²) in [7, 11) is 7.23. The van der Waals surface area contributed by atoms with Crippen molar-refractivity contribution in [3.05, 3.63) is 29.3 Å². The minimum Gasteiger partial charge on any atom is -0.493 e. The second-order valence-corrected chi connectivity index (χ2v) is 5.61. The summed E-state index contributed by atoms with van der Waals surface area (Å²) in [5, 5.41) is 0. The molecule has 0 aromatic heterocycles. The fourth-order valence-electron chi connectivity index (χ4n) is 2.82. The highest BCUT2D eigenvalue weighted by Gasteiger charge is 2.29. The first-order chi connectivity index (χ1) is 10.1. The Labute approximate surface area is 126 Å². The molecule has 1 aliphatic carbocycles. The lowest BCUT2D eigenvalue weighted by atomic mass is 10.0. The average Bonchev–Trinajstić information content (AvgIpc) is 2.79. The molecule has 0 amide bonds. The molecule has 1 atom stereocenters. The third-order valence-corrected chi connectivity index (χ3v) is 3.80. The summed E-state index contributed by atoms with van der Waals surface area (Å²) >= 11 is 0. The van der Waals surface area contributed by atoms with Crippen molar-refractivity contribution >= 4 is 11.9 Å². The van der Waals surface area contributed by atoms with Gasteiger partial charge in [-0.1, -0.05) is 12.1 Å². The predicted molar refractivity (Wildman–Crippen MR) is 83.8 cm³/mol. The lowest BCUT2D eigenvalue weighted by Crippen LogP contribution is -2.24. The number of ether oxygens (including phenoxy) is 2. The Morgan fingerprint density at radius 1 is 1.29 bits per heavy atom. The summed E-state index contributed by atoms with van der Waals surface area (Å²) in [5.41, 5.74) is 1.78. The van der Waals surface area contributed by atoms with E-state index in [0.29, 0.717) is 11.5 Å². The monoisotopic (exact) mass is 289 g/mol. The summed E-state index contributed by atoms with van der Waals surface area (Å²) in [6, 6.07) is 5.71. The molecule has 0 heterocycles. The van der Waals surface area contributed by atoms with Gasteiger partial charge in [-0.25, -0.2) is 0 Å². The largest absolute Gasteiger partial charge is 0.493 e. The molecule has 2 rings (SSSR count). The van der Waals surface area contributed by atoms with Crippen LogP contribution in [0.25, 0.3) is 6.08 Å². The Kier molecular flexibility index (Phi) is 5.02. The molecule has 1 fully saturated rings. The van der Waals surface area contributed by atoms with Gasteiger partial charge >= 0.3 is 0 Å². The second kappa shape index (κ2) is 6.76. The number of allylic oxidation sites excluding steroid dienone is 1.